The van der Waals surface area contributed by atoms with Crippen molar-refractivity contribution >= 4 is 11.6 Å². The standard InChI is InChI=1S/C14H20N2O/c1-11-10-12(8-9-15-11)14(17)16(2)13-6-4-3-5-7-13/h3-7,11-12,15H,8-10H2,1-2H3. The van der Waals surface area contributed by atoms with Gasteiger partial charge in [-0.15, -0.1) is 0 Å². The third-order valence-electron chi connectivity index (χ3n) is 3.45. The molecule has 1 amide bonds. The Labute approximate surface area is 103 Å². The zero-order valence-corrected chi connectivity index (χ0v) is 10.5. The zero-order valence-electron chi connectivity index (χ0n) is 10.5. The van der Waals surface area contributed by atoms with E-state index in [1.54, 1.807) is 4.90 Å². The monoisotopic (exact) mass is 232 g/mol. The van der Waals surface area contributed by atoms with Crippen molar-refractivity contribution in [2.45, 2.75) is 25.8 Å². The minimum atomic E-state index is 0.163. The molecule has 1 saturated heterocycles. The highest BCUT2D eigenvalue weighted by Gasteiger charge is 2.27. The van der Waals surface area contributed by atoms with E-state index in [1.807, 2.05) is 37.4 Å². The fraction of sp³-hybridized carbons (Fsp3) is 0.500. The van der Waals surface area contributed by atoms with Gasteiger partial charge in [0, 0.05) is 24.7 Å². The smallest absolute Gasteiger partial charge is 0.229 e. The van der Waals surface area contributed by atoms with E-state index in [0.29, 0.717) is 6.04 Å². The molecule has 3 heteroatoms. The van der Waals surface area contributed by atoms with Gasteiger partial charge in [-0.05, 0) is 38.4 Å². The number of hydrogen-bond acceptors (Lipinski definition) is 2. The quantitative estimate of drug-likeness (QED) is 0.846. The van der Waals surface area contributed by atoms with Crippen LogP contribution in [-0.4, -0.2) is 25.5 Å². The second-order valence-electron chi connectivity index (χ2n) is 4.81. The van der Waals surface area contributed by atoms with Gasteiger partial charge in [0.15, 0.2) is 0 Å². The molecule has 0 aromatic heterocycles. The van der Waals surface area contributed by atoms with E-state index >= 15 is 0 Å². The summed E-state index contributed by atoms with van der Waals surface area (Å²) in [6.45, 7) is 3.09. The van der Waals surface area contributed by atoms with E-state index in [4.69, 9.17) is 0 Å². The van der Waals surface area contributed by atoms with Gasteiger partial charge in [0.2, 0.25) is 5.91 Å². The maximum absolute atomic E-state index is 12.3. The predicted octanol–water partition coefficient (Wildman–Crippen LogP) is 2.04. The molecular formula is C14H20N2O. The van der Waals surface area contributed by atoms with Crippen LogP contribution in [-0.2, 0) is 4.79 Å². The molecule has 17 heavy (non-hydrogen) atoms. The summed E-state index contributed by atoms with van der Waals surface area (Å²) in [5.41, 5.74) is 0.976. The number of rotatable bonds is 2. The molecule has 1 aliphatic rings. The van der Waals surface area contributed by atoms with Crippen molar-refractivity contribution in [1.29, 1.82) is 0 Å². The van der Waals surface area contributed by atoms with E-state index in [-0.39, 0.29) is 11.8 Å². The Morgan fingerprint density at radius 2 is 2.06 bits per heavy atom. The number of anilines is 1. The first kappa shape index (κ1) is 12.1. The van der Waals surface area contributed by atoms with E-state index < -0.39 is 0 Å². The minimum absolute atomic E-state index is 0.163. The molecule has 0 saturated carbocycles. The highest BCUT2D eigenvalue weighted by atomic mass is 16.2. The first-order chi connectivity index (χ1) is 8.18. The Hall–Kier alpha value is -1.35. The Morgan fingerprint density at radius 1 is 1.35 bits per heavy atom. The third-order valence-corrected chi connectivity index (χ3v) is 3.45. The van der Waals surface area contributed by atoms with E-state index in [2.05, 4.69) is 12.2 Å². The van der Waals surface area contributed by atoms with Crippen molar-refractivity contribution in [2.75, 3.05) is 18.5 Å². The van der Waals surface area contributed by atoms with Gasteiger partial charge < -0.3 is 10.2 Å². The summed E-state index contributed by atoms with van der Waals surface area (Å²) in [6, 6.07) is 10.3. The number of piperidine rings is 1. The van der Waals surface area contributed by atoms with Gasteiger partial charge in [-0.25, -0.2) is 0 Å². The van der Waals surface area contributed by atoms with Crippen LogP contribution >= 0.6 is 0 Å². The van der Waals surface area contributed by atoms with Crippen LogP contribution in [0.15, 0.2) is 30.3 Å². The first-order valence-corrected chi connectivity index (χ1v) is 6.24. The lowest BCUT2D eigenvalue weighted by Crippen LogP contribution is -2.43. The molecule has 1 heterocycles. The maximum atomic E-state index is 12.3. The van der Waals surface area contributed by atoms with Crippen LogP contribution in [0.2, 0.25) is 0 Å². The molecule has 1 aliphatic heterocycles. The van der Waals surface area contributed by atoms with Crippen LogP contribution in [0.3, 0.4) is 0 Å². The van der Waals surface area contributed by atoms with Crippen LogP contribution in [0.4, 0.5) is 5.69 Å². The number of carbonyl (C=O) groups is 1. The predicted molar refractivity (Wildman–Crippen MR) is 70.0 cm³/mol. The van der Waals surface area contributed by atoms with Gasteiger partial charge in [0.25, 0.3) is 0 Å². The van der Waals surface area contributed by atoms with E-state index in [0.717, 1.165) is 25.1 Å². The van der Waals surface area contributed by atoms with Gasteiger partial charge >= 0.3 is 0 Å². The number of para-hydroxylation sites is 1. The number of nitrogens with one attached hydrogen (secondary N) is 1. The van der Waals surface area contributed by atoms with Crippen molar-refractivity contribution in [2.24, 2.45) is 5.92 Å². The molecule has 2 unspecified atom stereocenters. The van der Waals surface area contributed by atoms with Crippen molar-refractivity contribution in [3.63, 3.8) is 0 Å². The molecule has 0 spiro atoms. The molecule has 3 nitrogen and oxygen atoms in total. The van der Waals surface area contributed by atoms with Crippen LogP contribution in [0.25, 0.3) is 0 Å². The fourth-order valence-electron chi connectivity index (χ4n) is 2.41. The first-order valence-electron chi connectivity index (χ1n) is 6.24. The highest BCUT2D eigenvalue weighted by molar-refractivity contribution is 5.94. The second kappa shape index (κ2) is 5.32. The van der Waals surface area contributed by atoms with Gasteiger partial charge in [-0.1, -0.05) is 18.2 Å². The van der Waals surface area contributed by atoms with Gasteiger partial charge in [-0.2, -0.15) is 0 Å². The largest absolute Gasteiger partial charge is 0.315 e. The number of nitrogens with zero attached hydrogens (tertiary/aromatic N) is 1. The molecule has 1 N–H and O–H groups in total. The van der Waals surface area contributed by atoms with Crippen molar-refractivity contribution < 1.29 is 4.79 Å². The summed E-state index contributed by atoms with van der Waals surface area (Å²) in [7, 11) is 1.87. The van der Waals surface area contributed by atoms with Gasteiger partial charge in [0.05, 0.1) is 0 Å². The molecule has 1 aromatic carbocycles. The molecule has 1 aromatic rings. The maximum Gasteiger partial charge on any atom is 0.229 e. The SMILES string of the molecule is CC1CC(C(=O)N(C)c2ccccc2)CCN1. The minimum Gasteiger partial charge on any atom is -0.315 e. The van der Waals surface area contributed by atoms with Gasteiger partial charge in [0.1, 0.15) is 0 Å². The van der Waals surface area contributed by atoms with Crippen LogP contribution in [0.5, 0.6) is 0 Å². The lowest BCUT2D eigenvalue weighted by molar-refractivity contribution is -0.123. The zero-order chi connectivity index (χ0) is 12.3. The van der Waals surface area contributed by atoms with Crippen LogP contribution in [0.1, 0.15) is 19.8 Å². The topological polar surface area (TPSA) is 32.3 Å². The Bertz CT molecular complexity index is 377. The van der Waals surface area contributed by atoms with Crippen LogP contribution in [0, 0.1) is 5.92 Å². The molecule has 2 atom stereocenters. The van der Waals surface area contributed by atoms with Gasteiger partial charge in [-0.3, -0.25) is 4.79 Å². The lowest BCUT2D eigenvalue weighted by Gasteiger charge is -2.30. The Kier molecular flexibility index (Phi) is 3.79. The molecule has 92 valence electrons. The summed E-state index contributed by atoms with van der Waals surface area (Å²) in [6.07, 6.45) is 1.89. The summed E-state index contributed by atoms with van der Waals surface area (Å²) < 4.78 is 0. The third kappa shape index (κ3) is 2.86. The van der Waals surface area contributed by atoms with Crippen LogP contribution < -0.4 is 10.2 Å². The summed E-state index contributed by atoms with van der Waals surface area (Å²) in [5, 5.41) is 3.37. The highest BCUT2D eigenvalue weighted by Crippen LogP contribution is 2.21. The number of carbonyl (C=O) groups excluding carboxylic acids is 1. The molecule has 0 radical (unpaired) electrons. The molecular weight excluding hydrogens is 212 g/mol. The average Bonchev–Trinajstić information content (AvgIpc) is 2.38. The van der Waals surface area contributed by atoms with Crippen molar-refractivity contribution in [1.82, 2.24) is 5.32 Å². The number of amides is 1. The van der Waals surface area contributed by atoms with E-state index in [9.17, 15) is 4.79 Å². The molecule has 1 fully saturated rings. The summed E-state index contributed by atoms with van der Waals surface area (Å²) in [4.78, 5) is 14.1. The molecule has 0 bridgehead atoms. The average molecular weight is 232 g/mol. The fourth-order valence-corrected chi connectivity index (χ4v) is 2.41. The normalized spacial score (nSPS) is 24.4. The van der Waals surface area contributed by atoms with Crippen molar-refractivity contribution in [3.05, 3.63) is 30.3 Å². The summed E-state index contributed by atoms with van der Waals surface area (Å²) >= 11 is 0. The van der Waals surface area contributed by atoms with E-state index in [1.165, 1.54) is 0 Å². The number of hydrogen-bond donors (Lipinski definition) is 1. The number of benzene rings is 1. The Balaban J connectivity index is 2.04. The Morgan fingerprint density at radius 3 is 2.71 bits per heavy atom. The molecule has 2 rings (SSSR count). The molecule has 0 aliphatic carbocycles. The summed E-state index contributed by atoms with van der Waals surface area (Å²) in [5.74, 6) is 0.404. The van der Waals surface area contributed by atoms with Crippen molar-refractivity contribution in [3.8, 4) is 0 Å². The second-order valence-corrected chi connectivity index (χ2v) is 4.81. The lowest BCUT2D eigenvalue weighted by atomic mass is 9.92.